The zero-order chi connectivity index (χ0) is 19.4. The van der Waals surface area contributed by atoms with Crippen LogP contribution in [0.2, 0.25) is 0 Å². The largest absolute Gasteiger partial charge is 0.353 e. The molecule has 5 nitrogen and oxygen atoms in total. The van der Waals surface area contributed by atoms with Crippen molar-refractivity contribution in [2.45, 2.75) is 45.8 Å². The van der Waals surface area contributed by atoms with Crippen LogP contribution in [0.4, 0.5) is 0 Å². The smallest absolute Gasteiger partial charge is 0.242 e. The van der Waals surface area contributed by atoms with Crippen molar-refractivity contribution in [1.29, 1.82) is 0 Å². The molecule has 0 aliphatic heterocycles. The maximum absolute atomic E-state index is 13.2. The lowest BCUT2D eigenvalue weighted by Crippen LogP contribution is -2.46. The molecule has 0 N–H and O–H groups in total. The van der Waals surface area contributed by atoms with Crippen molar-refractivity contribution in [2.24, 2.45) is 13.0 Å². The van der Waals surface area contributed by atoms with Crippen LogP contribution < -0.4 is 0 Å². The lowest BCUT2D eigenvalue weighted by molar-refractivity contribution is -0.143. The minimum Gasteiger partial charge on any atom is -0.353 e. The van der Waals surface area contributed by atoms with Gasteiger partial charge < -0.3 is 14.4 Å². The Bertz CT molecular complexity index is 778. The van der Waals surface area contributed by atoms with Gasteiger partial charge in [0.25, 0.3) is 0 Å². The van der Waals surface area contributed by atoms with Gasteiger partial charge in [0.2, 0.25) is 11.8 Å². The molecule has 1 aliphatic rings. The molecule has 1 saturated carbocycles. The number of aryl methyl sites for hydroxylation is 1. The summed E-state index contributed by atoms with van der Waals surface area (Å²) in [7, 11) is 1.98. The normalized spacial score (nSPS) is 13.6. The third kappa shape index (κ3) is 5.00. The van der Waals surface area contributed by atoms with Gasteiger partial charge in [-0.1, -0.05) is 30.3 Å². The molecule has 144 valence electrons. The van der Waals surface area contributed by atoms with Gasteiger partial charge >= 0.3 is 0 Å². The van der Waals surface area contributed by atoms with Crippen LogP contribution in [0.15, 0.2) is 48.7 Å². The van der Waals surface area contributed by atoms with Gasteiger partial charge in [-0.15, -0.1) is 0 Å². The van der Waals surface area contributed by atoms with Crippen molar-refractivity contribution in [3.8, 4) is 0 Å². The summed E-state index contributed by atoms with van der Waals surface area (Å²) in [5, 5.41) is 0. The predicted octanol–water partition coefficient (Wildman–Crippen LogP) is 3.20. The monoisotopic (exact) mass is 367 g/mol. The Labute approximate surface area is 161 Å². The van der Waals surface area contributed by atoms with E-state index in [1.54, 1.807) is 4.90 Å². The van der Waals surface area contributed by atoms with Crippen molar-refractivity contribution in [3.63, 3.8) is 0 Å². The van der Waals surface area contributed by atoms with E-state index in [9.17, 15) is 9.59 Å². The molecular formula is C22H29N3O2. The lowest BCUT2D eigenvalue weighted by atomic mass is 10.2. The van der Waals surface area contributed by atoms with Gasteiger partial charge in [0, 0.05) is 37.4 Å². The predicted molar refractivity (Wildman–Crippen MR) is 106 cm³/mol. The van der Waals surface area contributed by atoms with Crippen molar-refractivity contribution < 1.29 is 9.59 Å². The maximum atomic E-state index is 13.2. The third-order valence-corrected chi connectivity index (χ3v) is 5.11. The summed E-state index contributed by atoms with van der Waals surface area (Å²) in [6.07, 6.45) is 3.89. The molecule has 0 bridgehead atoms. The molecule has 0 radical (unpaired) electrons. The van der Waals surface area contributed by atoms with Crippen LogP contribution in [0.3, 0.4) is 0 Å². The van der Waals surface area contributed by atoms with Crippen LogP contribution in [-0.4, -0.2) is 38.8 Å². The van der Waals surface area contributed by atoms with Gasteiger partial charge in [-0.2, -0.15) is 0 Å². The number of nitrogens with zero attached hydrogens (tertiary/aromatic N) is 3. The highest BCUT2D eigenvalue weighted by atomic mass is 16.2. The fourth-order valence-electron chi connectivity index (χ4n) is 3.22. The van der Waals surface area contributed by atoms with E-state index in [4.69, 9.17) is 0 Å². The summed E-state index contributed by atoms with van der Waals surface area (Å²) < 4.78 is 2.03. The first-order chi connectivity index (χ1) is 13.0. The molecule has 1 aromatic carbocycles. The molecule has 1 aliphatic carbocycles. The summed E-state index contributed by atoms with van der Waals surface area (Å²) in [4.78, 5) is 29.3. The number of hydrogen-bond donors (Lipinski definition) is 0. The van der Waals surface area contributed by atoms with E-state index in [0.717, 1.165) is 24.1 Å². The van der Waals surface area contributed by atoms with Crippen molar-refractivity contribution in [3.05, 3.63) is 59.9 Å². The van der Waals surface area contributed by atoms with Crippen LogP contribution in [0.5, 0.6) is 0 Å². The van der Waals surface area contributed by atoms with E-state index in [1.807, 2.05) is 79.0 Å². The number of rotatable bonds is 8. The van der Waals surface area contributed by atoms with Gasteiger partial charge in [0.15, 0.2) is 0 Å². The number of amides is 2. The van der Waals surface area contributed by atoms with Crippen LogP contribution in [-0.2, 0) is 29.7 Å². The standard InChI is InChI=1S/C22H29N3O2/c1-17(2)25(22(27)19-11-12-19)16-21(26)24(14-18-8-5-4-6-9-18)15-20-10-7-13-23(20)3/h4-10,13,17,19H,11-12,14-16H2,1-3H3. The first-order valence-electron chi connectivity index (χ1n) is 9.68. The topological polar surface area (TPSA) is 45.6 Å². The van der Waals surface area contributed by atoms with E-state index in [1.165, 1.54) is 0 Å². The summed E-state index contributed by atoms with van der Waals surface area (Å²) in [6, 6.07) is 14.0. The third-order valence-electron chi connectivity index (χ3n) is 5.11. The minimum atomic E-state index is -0.0113. The summed E-state index contributed by atoms with van der Waals surface area (Å²) in [5.74, 6) is 0.232. The molecule has 1 fully saturated rings. The summed E-state index contributed by atoms with van der Waals surface area (Å²) in [5.41, 5.74) is 2.16. The van der Waals surface area contributed by atoms with E-state index < -0.39 is 0 Å². The van der Waals surface area contributed by atoms with Crippen LogP contribution >= 0.6 is 0 Å². The number of carbonyl (C=O) groups excluding carboxylic acids is 2. The van der Waals surface area contributed by atoms with E-state index in [2.05, 4.69) is 0 Å². The molecule has 0 saturated heterocycles. The molecule has 2 aromatic rings. The van der Waals surface area contributed by atoms with Gasteiger partial charge in [-0.3, -0.25) is 9.59 Å². The Hall–Kier alpha value is -2.56. The number of benzene rings is 1. The lowest BCUT2D eigenvalue weighted by Gasteiger charge is -2.30. The molecule has 27 heavy (non-hydrogen) atoms. The highest BCUT2D eigenvalue weighted by Crippen LogP contribution is 2.31. The Morgan fingerprint density at radius 1 is 1.07 bits per heavy atom. The summed E-state index contributed by atoms with van der Waals surface area (Å²) >= 11 is 0. The van der Waals surface area contributed by atoms with Gasteiger partial charge in [0.05, 0.1) is 6.54 Å². The highest BCUT2D eigenvalue weighted by molar-refractivity contribution is 5.87. The average molecular weight is 367 g/mol. The Morgan fingerprint density at radius 3 is 2.33 bits per heavy atom. The average Bonchev–Trinajstić information content (AvgIpc) is 3.42. The van der Waals surface area contributed by atoms with Crippen LogP contribution in [0.25, 0.3) is 0 Å². The highest BCUT2D eigenvalue weighted by Gasteiger charge is 2.35. The molecule has 5 heteroatoms. The molecule has 3 rings (SSSR count). The fourth-order valence-corrected chi connectivity index (χ4v) is 3.22. The molecule has 0 atom stereocenters. The first-order valence-corrected chi connectivity index (χ1v) is 9.68. The van der Waals surface area contributed by atoms with Crippen LogP contribution in [0, 0.1) is 5.92 Å². The molecule has 0 spiro atoms. The summed E-state index contributed by atoms with van der Waals surface area (Å²) in [6.45, 7) is 5.16. The maximum Gasteiger partial charge on any atom is 0.242 e. The second-order valence-electron chi connectivity index (χ2n) is 7.68. The number of hydrogen-bond acceptors (Lipinski definition) is 2. The molecule has 0 unspecified atom stereocenters. The van der Waals surface area contributed by atoms with Crippen molar-refractivity contribution in [2.75, 3.05) is 6.54 Å². The number of aromatic nitrogens is 1. The second-order valence-corrected chi connectivity index (χ2v) is 7.68. The fraction of sp³-hybridized carbons (Fsp3) is 0.455. The van der Waals surface area contributed by atoms with Gasteiger partial charge in [-0.25, -0.2) is 0 Å². The van der Waals surface area contributed by atoms with Crippen molar-refractivity contribution in [1.82, 2.24) is 14.4 Å². The zero-order valence-corrected chi connectivity index (χ0v) is 16.5. The van der Waals surface area contributed by atoms with Gasteiger partial charge in [-0.05, 0) is 44.4 Å². The van der Waals surface area contributed by atoms with Crippen LogP contribution in [0.1, 0.15) is 37.9 Å². The van der Waals surface area contributed by atoms with Gasteiger partial charge in [0.1, 0.15) is 6.54 Å². The van der Waals surface area contributed by atoms with E-state index >= 15 is 0 Å². The second kappa shape index (κ2) is 8.42. The zero-order valence-electron chi connectivity index (χ0n) is 16.5. The SMILES string of the molecule is CC(C)N(CC(=O)N(Cc1ccccc1)Cc1cccn1C)C(=O)C1CC1. The number of carbonyl (C=O) groups is 2. The Balaban J connectivity index is 1.76. The minimum absolute atomic E-state index is 0.0113. The van der Waals surface area contributed by atoms with Crippen molar-refractivity contribution >= 4 is 11.8 Å². The first kappa shape index (κ1) is 19.2. The molecule has 1 aromatic heterocycles. The van der Waals surface area contributed by atoms with E-state index in [-0.39, 0.29) is 30.3 Å². The van der Waals surface area contributed by atoms with E-state index in [0.29, 0.717) is 13.1 Å². The quantitative estimate of drug-likeness (QED) is 0.719. The Morgan fingerprint density at radius 2 is 1.78 bits per heavy atom. The molecular weight excluding hydrogens is 338 g/mol. The Kier molecular flexibility index (Phi) is 5.99. The molecule has 2 amide bonds. The molecule has 1 heterocycles.